The molecule has 2 atom stereocenters. The van der Waals surface area contributed by atoms with Crippen LogP contribution in [0.2, 0.25) is 0 Å². The molecule has 1 aromatic carbocycles. The normalized spacial score (nSPS) is 20.2. The van der Waals surface area contributed by atoms with E-state index in [1.807, 2.05) is 0 Å². The van der Waals surface area contributed by atoms with Crippen molar-refractivity contribution in [3.8, 4) is 5.75 Å². The molecular weight excluding hydrogens is 446 g/mol. The van der Waals surface area contributed by atoms with Crippen molar-refractivity contribution in [3.63, 3.8) is 0 Å². The summed E-state index contributed by atoms with van der Waals surface area (Å²) < 4.78 is 40.5. The Morgan fingerprint density at radius 3 is 2.75 bits per heavy atom. The van der Waals surface area contributed by atoms with Crippen LogP contribution in [-0.2, 0) is 30.7 Å². The van der Waals surface area contributed by atoms with E-state index in [1.165, 1.54) is 0 Å². The second-order valence-electron chi connectivity index (χ2n) is 7.36. The van der Waals surface area contributed by atoms with Gasteiger partial charge in [0.05, 0.1) is 19.1 Å². The van der Waals surface area contributed by atoms with Crippen molar-refractivity contribution in [2.45, 2.75) is 37.8 Å². The van der Waals surface area contributed by atoms with E-state index in [-0.39, 0.29) is 25.8 Å². The van der Waals surface area contributed by atoms with Crippen LogP contribution in [0.3, 0.4) is 0 Å². The second kappa shape index (κ2) is 10.1. The van der Waals surface area contributed by atoms with Crippen molar-refractivity contribution in [2.24, 2.45) is 5.73 Å². The number of ether oxygens (including phenoxy) is 1. The molecule has 2 heterocycles. The molecule has 2 saturated heterocycles. The van der Waals surface area contributed by atoms with Gasteiger partial charge in [0, 0.05) is 6.54 Å². The first-order valence-electron chi connectivity index (χ1n) is 9.95. The first kappa shape index (κ1) is 23.7. The number of amides is 4. The number of hydroxylamine groups is 2. The molecule has 3 rings (SSSR count). The quantitative estimate of drug-likeness (QED) is 0.202. The summed E-state index contributed by atoms with van der Waals surface area (Å²) >= 11 is 0. The number of rotatable bonds is 9. The first-order valence-corrected chi connectivity index (χ1v) is 11.3. The fourth-order valence-corrected chi connectivity index (χ4v) is 3.96. The molecule has 0 aliphatic carbocycles. The summed E-state index contributed by atoms with van der Waals surface area (Å²) in [6.07, 6.45) is 1.20. The van der Waals surface area contributed by atoms with Crippen LogP contribution in [0.5, 0.6) is 5.75 Å². The van der Waals surface area contributed by atoms with Gasteiger partial charge in [-0.1, -0.05) is 12.1 Å². The van der Waals surface area contributed by atoms with Gasteiger partial charge in [0.2, 0.25) is 5.91 Å². The monoisotopic (exact) mass is 471 g/mol. The Balaban J connectivity index is 1.50. The van der Waals surface area contributed by atoms with Gasteiger partial charge in [0.25, 0.3) is 5.91 Å². The fraction of sp³-hybridized carbons (Fsp3) is 0.500. The Morgan fingerprint density at radius 2 is 2.03 bits per heavy atom. The summed E-state index contributed by atoms with van der Waals surface area (Å²) in [5.41, 5.74) is 10.7. The average Bonchev–Trinajstić information content (AvgIpc) is 2.96. The number of hydrogen-bond acceptors (Lipinski definition) is 8. The highest BCUT2D eigenvalue weighted by Crippen LogP contribution is 2.30. The number of fused-ring (bicyclic) bond motifs is 2. The third kappa shape index (κ3) is 6.06. The van der Waals surface area contributed by atoms with Gasteiger partial charge in [-0.25, -0.2) is 4.79 Å². The lowest BCUT2D eigenvalue weighted by Crippen LogP contribution is -2.54. The minimum atomic E-state index is -4.87. The fourth-order valence-electron chi connectivity index (χ4n) is 3.57. The highest BCUT2D eigenvalue weighted by Gasteiger charge is 2.49. The Morgan fingerprint density at radius 1 is 1.25 bits per heavy atom. The van der Waals surface area contributed by atoms with Crippen molar-refractivity contribution in [2.75, 3.05) is 19.7 Å². The van der Waals surface area contributed by atoms with E-state index in [0.717, 1.165) is 4.90 Å². The van der Waals surface area contributed by atoms with Crippen LogP contribution in [0.1, 0.15) is 24.8 Å². The van der Waals surface area contributed by atoms with Crippen LogP contribution >= 0.6 is 0 Å². The number of hydrazine groups is 1. The number of carbonyl (C=O) groups is 3. The van der Waals surface area contributed by atoms with Crippen LogP contribution in [0, 0.1) is 0 Å². The van der Waals surface area contributed by atoms with E-state index in [9.17, 15) is 22.8 Å². The van der Waals surface area contributed by atoms with Gasteiger partial charge in [0.1, 0.15) is 11.8 Å². The second-order valence-corrected chi connectivity index (χ2v) is 8.37. The Kier molecular flexibility index (Phi) is 7.50. The summed E-state index contributed by atoms with van der Waals surface area (Å²) in [6, 6.07) is 4.57. The van der Waals surface area contributed by atoms with E-state index >= 15 is 0 Å². The number of urea groups is 1. The van der Waals surface area contributed by atoms with Gasteiger partial charge in [-0.05, 0) is 43.5 Å². The summed E-state index contributed by atoms with van der Waals surface area (Å²) in [4.78, 5) is 38.2. The highest BCUT2D eigenvalue weighted by molar-refractivity contribution is 7.80. The molecule has 2 bridgehead atoms. The predicted octanol–water partition coefficient (Wildman–Crippen LogP) is -0.893. The number of nitrogens with zero attached hydrogens (tertiary/aromatic N) is 2. The van der Waals surface area contributed by atoms with E-state index in [4.69, 9.17) is 15.0 Å². The molecule has 176 valence electrons. The molecule has 5 N–H and O–H groups in total. The zero-order chi connectivity index (χ0) is 23.3. The SMILES string of the molecule is NCCCOc1cccc(CC(=O)NNC(=O)[C@@H]2CC[C@@H]3CN2C(=O)N3OS(=O)(=O)O)c1. The van der Waals surface area contributed by atoms with Gasteiger partial charge >= 0.3 is 16.4 Å². The number of nitrogens with two attached hydrogens (primary N) is 1. The molecule has 32 heavy (non-hydrogen) atoms. The molecule has 0 saturated carbocycles. The molecular formula is C18H25N5O8S. The number of benzene rings is 1. The molecule has 1 aromatic rings. The van der Waals surface area contributed by atoms with E-state index in [1.54, 1.807) is 24.3 Å². The lowest BCUT2D eigenvalue weighted by molar-refractivity contribution is -0.131. The Hall–Kier alpha value is -2.94. The minimum absolute atomic E-state index is 0.0142. The Labute approximate surface area is 184 Å². The molecule has 0 spiro atoms. The topological polar surface area (TPSA) is 181 Å². The molecule has 2 aliphatic heterocycles. The molecule has 14 heteroatoms. The van der Waals surface area contributed by atoms with Crippen molar-refractivity contribution in [1.29, 1.82) is 0 Å². The average molecular weight is 471 g/mol. The Bertz CT molecular complexity index is 972. The van der Waals surface area contributed by atoms with Crippen molar-refractivity contribution >= 4 is 28.2 Å². The van der Waals surface area contributed by atoms with Gasteiger partial charge in [-0.2, -0.15) is 13.5 Å². The van der Waals surface area contributed by atoms with Gasteiger partial charge in [-0.15, -0.1) is 4.28 Å². The maximum atomic E-state index is 12.5. The van der Waals surface area contributed by atoms with E-state index in [2.05, 4.69) is 15.1 Å². The molecule has 0 unspecified atom stereocenters. The number of hydrogen-bond donors (Lipinski definition) is 4. The van der Waals surface area contributed by atoms with Crippen LogP contribution in [-0.4, -0.2) is 72.6 Å². The predicted molar refractivity (Wildman–Crippen MR) is 109 cm³/mol. The van der Waals surface area contributed by atoms with Crippen LogP contribution in [0.25, 0.3) is 0 Å². The smallest absolute Gasteiger partial charge is 0.418 e. The minimum Gasteiger partial charge on any atom is -0.494 e. The summed E-state index contributed by atoms with van der Waals surface area (Å²) in [6.45, 7) is 1.03. The van der Waals surface area contributed by atoms with Crippen LogP contribution in [0.4, 0.5) is 4.79 Å². The first-order chi connectivity index (χ1) is 15.2. The number of piperidine rings is 1. The van der Waals surface area contributed by atoms with Crippen molar-refractivity contribution < 1.29 is 36.4 Å². The van der Waals surface area contributed by atoms with Gasteiger partial charge in [0.15, 0.2) is 0 Å². The third-order valence-electron chi connectivity index (χ3n) is 5.01. The number of carbonyl (C=O) groups excluding carboxylic acids is 3. The van der Waals surface area contributed by atoms with Crippen molar-refractivity contribution in [1.82, 2.24) is 20.8 Å². The zero-order valence-corrected chi connectivity index (χ0v) is 17.9. The molecule has 2 fully saturated rings. The molecule has 13 nitrogen and oxygen atoms in total. The standard InChI is InChI=1S/C18H25N5O8S/c19-7-2-8-30-14-4-1-3-12(9-14)10-16(24)20-21-17(25)15-6-5-13-11-22(15)18(26)23(13)31-32(27,28)29/h1,3-4,9,13,15H,2,5-8,10-11,19H2,(H,20,24)(H,21,25)(H,27,28,29)/t13-,15+/m1/s1. The van der Waals surface area contributed by atoms with E-state index in [0.29, 0.717) is 35.9 Å². The molecule has 0 aromatic heterocycles. The molecule has 2 aliphatic rings. The highest BCUT2D eigenvalue weighted by atomic mass is 32.3. The number of nitrogens with one attached hydrogen (secondary N) is 2. The summed E-state index contributed by atoms with van der Waals surface area (Å²) in [5.74, 6) is -0.498. The van der Waals surface area contributed by atoms with Crippen LogP contribution < -0.4 is 21.3 Å². The summed E-state index contributed by atoms with van der Waals surface area (Å²) in [7, 11) is -4.87. The third-order valence-corrected chi connectivity index (χ3v) is 5.35. The van der Waals surface area contributed by atoms with E-state index < -0.39 is 40.3 Å². The van der Waals surface area contributed by atoms with Crippen molar-refractivity contribution in [3.05, 3.63) is 29.8 Å². The van der Waals surface area contributed by atoms with Gasteiger partial charge in [-0.3, -0.25) is 25.0 Å². The zero-order valence-electron chi connectivity index (χ0n) is 17.1. The lowest BCUT2D eigenvalue weighted by Gasteiger charge is -2.29. The lowest BCUT2D eigenvalue weighted by atomic mass is 10.0. The van der Waals surface area contributed by atoms with Crippen LogP contribution in [0.15, 0.2) is 24.3 Å². The summed E-state index contributed by atoms with van der Waals surface area (Å²) in [5, 5.41) is 0.545. The maximum Gasteiger partial charge on any atom is 0.418 e. The molecule has 4 amide bonds. The largest absolute Gasteiger partial charge is 0.494 e. The van der Waals surface area contributed by atoms with Gasteiger partial charge < -0.3 is 15.4 Å². The maximum absolute atomic E-state index is 12.5. The molecule has 0 radical (unpaired) electrons.